The van der Waals surface area contributed by atoms with Gasteiger partial charge in [-0.3, -0.25) is 4.79 Å². The zero-order valence-electron chi connectivity index (χ0n) is 9.95. The molecule has 17 heavy (non-hydrogen) atoms. The Hall–Kier alpha value is -0.870. The van der Waals surface area contributed by atoms with Gasteiger partial charge in [0.2, 0.25) is 0 Å². The molecule has 1 saturated heterocycles. The van der Waals surface area contributed by atoms with E-state index >= 15 is 0 Å². The molecule has 0 bridgehead atoms. The van der Waals surface area contributed by atoms with Crippen LogP contribution in [0.15, 0.2) is 28.7 Å². The summed E-state index contributed by atoms with van der Waals surface area (Å²) in [5.74, 6) is 0.132. The van der Waals surface area contributed by atoms with E-state index < -0.39 is 0 Å². The normalized spacial score (nSPS) is 21.1. The molecule has 0 aromatic heterocycles. The highest BCUT2D eigenvalue weighted by Crippen LogP contribution is 2.13. The number of hydrogen-bond donors (Lipinski definition) is 1. The van der Waals surface area contributed by atoms with Crippen molar-refractivity contribution in [2.24, 2.45) is 0 Å². The van der Waals surface area contributed by atoms with Crippen LogP contribution < -0.4 is 5.32 Å². The van der Waals surface area contributed by atoms with Crippen molar-refractivity contribution in [1.29, 1.82) is 0 Å². The summed E-state index contributed by atoms with van der Waals surface area (Å²) in [6.45, 7) is 4.74. The number of carbonyl (C=O) groups is 1. The van der Waals surface area contributed by atoms with Gasteiger partial charge in [-0.2, -0.15) is 0 Å². The van der Waals surface area contributed by atoms with Crippen LogP contribution in [0.5, 0.6) is 0 Å². The van der Waals surface area contributed by atoms with E-state index in [0.29, 0.717) is 6.04 Å². The molecule has 1 N–H and O–H groups in total. The van der Waals surface area contributed by atoms with Crippen LogP contribution in [0.4, 0.5) is 0 Å². The molecule has 1 aliphatic heterocycles. The second-order valence-electron chi connectivity index (χ2n) is 4.47. The first-order valence-corrected chi connectivity index (χ1v) is 6.74. The highest BCUT2D eigenvalue weighted by Gasteiger charge is 2.19. The smallest absolute Gasteiger partial charge is 0.253 e. The molecule has 1 fully saturated rings. The van der Waals surface area contributed by atoms with Crippen LogP contribution in [-0.2, 0) is 0 Å². The zero-order chi connectivity index (χ0) is 12.3. The Bertz CT molecular complexity index is 391. The molecule has 1 aliphatic rings. The van der Waals surface area contributed by atoms with Gasteiger partial charge in [-0.05, 0) is 44.2 Å². The molecule has 1 aromatic rings. The van der Waals surface area contributed by atoms with E-state index in [1.807, 2.05) is 29.2 Å². The molecular weight excluding hydrogens is 280 g/mol. The maximum absolute atomic E-state index is 12.3. The number of rotatable bonds is 1. The third-order valence-corrected chi connectivity index (χ3v) is 3.50. The van der Waals surface area contributed by atoms with Gasteiger partial charge in [-0.15, -0.1) is 0 Å². The fraction of sp³-hybridized carbons (Fsp3) is 0.462. The number of amides is 1. The standard InChI is InChI=1S/C13H17BrN2O/c1-10-9-16(8-2-7-15-10)13(17)11-3-5-12(14)6-4-11/h3-6,10,15H,2,7-9H2,1H3. The van der Waals surface area contributed by atoms with Crippen molar-refractivity contribution in [2.75, 3.05) is 19.6 Å². The van der Waals surface area contributed by atoms with Crippen LogP contribution >= 0.6 is 15.9 Å². The summed E-state index contributed by atoms with van der Waals surface area (Å²) in [7, 11) is 0. The van der Waals surface area contributed by atoms with Gasteiger partial charge in [0, 0.05) is 29.2 Å². The summed E-state index contributed by atoms with van der Waals surface area (Å²) in [4.78, 5) is 14.2. The van der Waals surface area contributed by atoms with E-state index in [4.69, 9.17) is 0 Å². The van der Waals surface area contributed by atoms with Crippen LogP contribution in [0, 0.1) is 0 Å². The fourth-order valence-electron chi connectivity index (χ4n) is 2.06. The predicted molar refractivity (Wildman–Crippen MR) is 72.1 cm³/mol. The van der Waals surface area contributed by atoms with Crippen molar-refractivity contribution in [2.45, 2.75) is 19.4 Å². The van der Waals surface area contributed by atoms with Crippen molar-refractivity contribution >= 4 is 21.8 Å². The monoisotopic (exact) mass is 296 g/mol. The van der Waals surface area contributed by atoms with Crippen molar-refractivity contribution in [3.05, 3.63) is 34.3 Å². The van der Waals surface area contributed by atoms with Crippen LogP contribution in [0.3, 0.4) is 0 Å². The highest BCUT2D eigenvalue weighted by molar-refractivity contribution is 9.10. The van der Waals surface area contributed by atoms with Crippen molar-refractivity contribution in [1.82, 2.24) is 10.2 Å². The number of halogens is 1. The van der Waals surface area contributed by atoms with Crippen LogP contribution in [0.25, 0.3) is 0 Å². The Morgan fingerprint density at radius 3 is 2.82 bits per heavy atom. The molecule has 2 rings (SSSR count). The minimum atomic E-state index is 0.132. The SMILES string of the molecule is CC1CN(C(=O)c2ccc(Br)cc2)CCCN1. The lowest BCUT2D eigenvalue weighted by atomic mass is 10.2. The van der Waals surface area contributed by atoms with E-state index in [0.717, 1.165) is 36.1 Å². The van der Waals surface area contributed by atoms with Crippen molar-refractivity contribution in [3.63, 3.8) is 0 Å². The second-order valence-corrected chi connectivity index (χ2v) is 5.38. The van der Waals surface area contributed by atoms with Gasteiger partial charge in [0.05, 0.1) is 0 Å². The van der Waals surface area contributed by atoms with E-state index in [9.17, 15) is 4.79 Å². The van der Waals surface area contributed by atoms with Crippen LogP contribution in [0.2, 0.25) is 0 Å². The molecule has 0 spiro atoms. The van der Waals surface area contributed by atoms with Gasteiger partial charge >= 0.3 is 0 Å². The Morgan fingerprint density at radius 1 is 1.41 bits per heavy atom. The van der Waals surface area contributed by atoms with E-state index in [2.05, 4.69) is 28.2 Å². The molecule has 0 saturated carbocycles. The van der Waals surface area contributed by atoms with Crippen molar-refractivity contribution < 1.29 is 4.79 Å². The average Bonchev–Trinajstić information content (AvgIpc) is 2.54. The molecular formula is C13H17BrN2O. The first kappa shape index (κ1) is 12.6. The maximum atomic E-state index is 12.3. The van der Waals surface area contributed by atoms with Crippen molar-refractivity contribution in [3.8, 4) is 0 Å². The third kappa shape index (κ3) is 3.30. The summed E-state index contributed by atoms with van der Waals surface area (Å²) >= 11 is 3.38. The van der Waals surface area contributed by atoms with Gasteiger partial charge in [0.25, 0.3) is 5.91 Å². The Morgan fingerprint density at radius 2 is 2.12 bits per heavy atom. The largest absolute Gasteiger partial charge is 0.337 e. The third-order valence-electron chi connectivity index (χ3n) is 2.97. The second kappa shape index (κ2) is 5.65. The molecule has 0 aliphatic carbocycles. The molecule has 1 atom stereocenters. The summed E-state index contributed by atoms with van der Waals surface area (Å²) in [5, 5.41) is 3.39. The lowest BCUT2D eigenvalue weighted by Gasteiger charge is -2.22. The lowest BCUT2D eigenvalue weighted by Crippen LogP contribution is -2.38. The number of benzene rings is 1. The topological polar surface area (TPSA) is 32.3 Å². The van der Waals surface area contributed by atoms with Crippen LogP contribution in [-0.4, -0.2) is 36.5 Å². The molecule has 1 unspecified atom stereocenters. The Balaban J connectivity index is 2.10. The quantitative estimate of drug-likeness (QED) is 0.862. The van der Waals surface area contributed by atoms with Gasteiger partial charge in [-0.25, -0.2) is 0 Å². The average molecular weight is 297 g/mol. The minimum Gasteiger partial charge on any atom is -0.337 e. The first-order chi connectivity index (χ1) is 8.16. The molecule has 1 amide bonds. The van der Waals surface area contributed by atoms with E-state index in [-0.39, 0.29) is 5.91 Å². The zero-order valence-corrected chi connectivity index (χ0v) is 11.5. The molecule has 1 aromatic carbocycles. The van der Waals surface area contributed by atoms with Gasteiger partial charge in [-0.1, -0.05) is 15.9 Å². The number of nitrogens with zero attached hydrogens (tertiary/aromatic N) is 1. The van der Waals surface area contributed by atoms with Gasteiger partial charge < -0.3 is 10.2 Å². The molecule has 4 heteroatoms. The van der Waals surface area contributed by atoms with Crippen LogP contribution in [0.1, 0.15) is 23.7 Å². The first-order valence-electron chi connectivity index (χ1n) is 5.95. The number of hydrogen-bond acceptors (Lipinski definition) is 2. The molecule has 92 valence electrons. The summed E-state index contributed by atoms with van der Waals surface area (Å²) in [6, 6.07) is 7.93. The Labute approximate surface area is 110 Å². The minimum absolute atomic E-state index is 0.132. The summed E-state index contributed by atoms with van der Waals surface area (Å²) < 4.78 is 1.000. The maximum Gasteiger partial charge on any atom is 0.253 e. The predicted octanol–water partition coefficient (Wildman–Crippen LogP) is 2.27. The molecule has 1 heterocycles. The molecule has 3 nitrogen and oxygen atoms in total. The Kier molecular flexibility index (Phi) is 4.18. The highest BCUT2D eigenvalue weighted by atomic mass is 79.9. The summed E-state index contributed by atoms with van der Waals surface area (Å²) in [5.41, 5.74) is 0.766. The van der Waals surface area contributed by atoms with Gasteiger partial charge in [0.15, 0.2) is 0 Å². The molecule has 0 radical (unpaired) electrons. The van der Waals surface area contributed by atoms with E-state index in [1.54, 1.807) is 0 Å². The lowest BCUT2D eigenvalue weighted by molar-refractivity contribution is 0.0755. The van der Waals surface area contributed by atoms with Gasteiger partial charge in [0.1, 0.15) is 0 Å². The summed E-state index contributed by atoms with van der Waals surface area (Å²) in [6.07, 6.45) is 1.02. The number of carbonyl (C=O) groups excluding carboxylic acids is 1. The fourth-order valence-corrected chi connectivity index (χ4v) is 2.33. The number of nitrogens with one attached hydrogen (secondary N) is 1. The van der Waals surface area contributed by atoms with E-state index in [1.165, 1.54) is 0 Å².